The molecular formula is C25H33N5S2. The summed E-state index contributed by atoms with van der Waals surface area (Å²) in [4.78, 5) is 13.0. The molecule has 170 valence electrons. The topological polar surface area (TPSA) is 72.5 Å². The number of thiazole rings is 1. The molecule has 3 N–H and O–H groups in total. The summed E-state index contributed by atoms with van der Waals surface area (Å²) < 4.78 is 2.36. The molecule has 0 unspecified atom stereocenters. The Bertz CT molecular complexity index is 1060. The van der Waals surface area contributed by atoms with Crippen molar-refractivity contribution in [3.05, 3.63) is 40.8 Å². The molecule has 0 spiro atoms. The summed E-state index contributed by atoms with van der Waals surface area (Å²) in [5.41, 5.74) is 11.2. The summed E-state index contributed by atoms with van der Waals surface area (Å²) in [6.07, 6.45) is 16.3. The molecule has 1 saturated heterocycles. The number of hydrogen-bond acceptors (Lipinski definition) is 5. The zero-order valence-electron chi connectivity index (χ0n) is 19.2. The van der Waals surface area contributed by atoms with Crippen molar-refractivity contribution in [2.24, 2.45) is 11.7 Å². The number of imidazole rings is 1. The van der Waals surface area contributed by atoms with E-state index in [1.54, 1.807) is 11.3 Å². The van der Waals surface area contributed by atoms with Crippen molar-refractivity contribution in [3.8, 4) is 34.4 Å². The first-order valence-electron chi connectivity index (χ1n) is 11.1. The number of nitrogens with two attached hydrogens (primary N) is 1. The van der Waals surface area contributed by atoms with Crippen LogP contribution in [0, 0.1) is 32.1 Å². The lowest BCUT2D eigenvalue weighted by Crippen LogP contribution is -2.17. The van der Waals surface area contributed by atoms with Gasteiger partial charge < -0.3 is 15.3 Å². The second kappa shape index (κ2) is 12.1. The molecule has 1 aliphatic rings. The van der Waals surface area contributed by atoms with Crippen LogP contribution in [-0.4, -0.2) is 37.6 Å². The maximum absolute atomic E-state index is 5.64. The second-order valence-corrected chi connectivity index (χ2v) is 9.95. The first-order valence-corrected chi connectivity index (χ1v) is 13.2. The van der Waals surface area contributed by atoms with E-state index in [1.165, 1.54) is 30.0 Å². The predicted octanol–water partition coefficient (Wildman–Crippen LogP) is 5.76. The Hall–Kier alpha value is -2.27. The molecule has 5 nitrogen and oxygen atoms in total. The minimum Gasteiger partial charge on any atom is -0.364 e. The Labute approximate surface area is 200 Å². The van der Waals surface area contributed by atoms with Crippen molar-refractivity contribution in [3.63, 3.8) is 0 Å². The molecule has 3 aromatic heterocycles. The van der Waals surface area contributed by atoms with Gasteiger partial charge in [-0.25, -0.2) is 9.97 Å². The van der Waals surface area contributed by atoms with Crippen molar-refractivity contribution in [1.29, 1.82) is 0 Å². The van der Waals surface area contributed by atoms with Gasteiger partial charge in [0.15, 0.2) is 10.8 Å². The van der Waals surface area contributed by atoms with E-state index < -0.39 is 0 Å². The average Bonchev–Trinajstić information content (AvgIpc) is 3.53. The zero-order valence-corrected chi connectivity index (χ0v) is 20.9. The highest BCUT2D eigenvalue weighted by atomic mass is 32.2. The molecule has 0 radical (unpaired) electrons. The van der Waals surface area contributed by atoms with Gasteiger partial charge in [0.1, 0.15) is 0 Å². The Morgan fingerprint density at radius 1 is 1.34 bits per heavy atom. The number of hydrogen-bond donors (Lipinski definition) is 2. The van der Waals surface area contributed by atoms with Gasteiger partial charge in [0.2, 0.25) is 0 Å². The number of terminal acetylenes is 1. The maximum atomic E-state index is 5.64. The molecule has 1 aliphatic heterocycles. The van der Waals surface area contributed by atoms with Gasteiger partial charge in [-0.15, -0.1) is 23.7 Å². The minimum atomic E-state index is 0.531. The van der Waals surface area contributed by atoms with E-state index in [4.69, 9.17) is 22.1 Å². The molecule has 32 heavy (non-hydrogen) atoms. The highest BCUT2D eigenvalue weighted by molar-refractivity contribution is 7.99. The second-order valence-electron chi connectivity index (χ2n) is 7.86. The fraction of sp³-hybridized carbons (Fsp3) is 0.440. The van der Waals surface area contributed by atoms with Crippen LogP contribution in [0.25, 0.3) is 28.2 Å². The molecule has 0 atom stereocenters. The maximum Gasteiger partial charge on any atom is 0.169 e. The van der Waals surface area contributed by atoms with E-state index in [0.29, 0.717) is 6.54 Å². The lowest BCUT2D eigenvalue weighted by Gasteiger charge is -2.23. The fourth-order valence-corrected chi connectivity index (χ4v) is 5.73. The SMILES string of the molecule is C#CCC.Cc1[nH]cc(-c2csc(-c3ncc(C)n3CC3CCSCC3)n2)c1/C=C\CN. The number of rotatable bonds is 6. The van der Waals surface area contributed by atoms with Crippen LogP contribution in [0.5, 0.6) is 0 Å². The van der Waals surface area contributed by atoms with Gasteiger partial charge in [-0.05, 0) is 44.1 Å². The van der Waals surface area contributed by atoms with E-state index in [2.05, 4.69) is 52.5 Å². The standard InChI is InChI=1S/C21H27N5S2.C4H6/c1-14-10-24-20(26(14)12-16-5-8-27-9-6-16)21-25-19(13-28-21)18-11-23-15(2)17(18)4-3-7-22;1-3-4-2/h3-4,10-11,13,16,23H,5-9,12,22H2,1-2H3;1H,4H2,2H3/b4-3-;. The number of aromatic nitrogens is 4. The Morgan fingerprint density at radius 3 is 2.78 bits per heavy atom. The Kier molecular flexibility index (Phi) is 9.22. The Morgan fingerprint density at radius 2 is 2.09 bits per heavy atom. The van der Waals surface area contributed by atoms with Crippen LogP contribution in [-0.2, 0) is 6.54 Å². The number of H-pyrrole nitrogens is 1. The van der Waals surface area contributed by atoms with Crippen molar-refractivity contribution < 1.29 is 0 Å². The van der Waals surface area contributed by atoms with Crippen LogP contribution in [0.2, 0.25) is 0 Å². The summed E-state index contributed by atoms with van der Waals surface area (Å²) in [6, 6.07) is 0. The third-order valence-electron chi connectivity index (χ3n) is 5.56. The van der Waals surface area contributed by atoms with Gasteiger partial charge in [0.05, 0.1) is 5.69 Å². The van der Waals surface area contributed by atoms with Crippen LogP contribution in [0.3, 0.4) is 0 Å². The van der Waals surface area contributed by atoms with Gasteiger partial charge >= 0.3 is 0 Å². The van der Waals surface area contributed by atoms with E-state index in [-0.39, 0.29) is 0 Å². The summed E-state index contributed by atoms with van der Waals surface area (Å²) in [5.74, 6) is 6.73. The van der Waals surface area contributed by atoms with Crippen LogP contribution in [0.4, 0.5) is 0 Å². The van der Waals surface area contributed by atoms with Gasteiger partial charge in [-0.3, -0.25) is 0 Å². The largest absolute Gasteiger partial charge is 0.364 e. The average molecular weight is 468 g/mol. The van der Waals surface area contributed by atoms with Gasteiger partial charge in [0.25, 0.3) is 0 Å². The van der Waals surface area contributed by atoms with Crippen molar-refractivity contribution in [1.82, 2.24) is 19.5 Å². The molecule has 4 rings (SSSR count). The summed E-state index contributed by atoms with van der Waals surface area (Å²) in [6.45, 7) is 7.74. The molecule has 0 amide bonds. The number of aromatic amines is 1. The molecule has 0 saturated carbocycles. The third-order valence-corrected chi connectivity index (χ3v) is 7.45. The summed E-state index contributed by atoms with van der Waals surface area (Å²) in [5, 5.41) is 3.12. The van der Waals surface area contributed by atoms with Crippen LogP contribution in [0.1, 0.15) is 43.1 Å². The highest BCUT2D eigenvalue weighted by Gasteiger charge is 2.20. The van der Waals surface area contributed by atoms with E-state index in [0.717, 1.165) is 52.2 Å². The third kappa shape index (κ3) is 5.94. The number of nitrogens with one attached hydrogen (secondary N) is 1. The molecule has 0 aromatic carbocycles. The summed E-state index contributed by atoms with van der Waals surface area (Å²) in [7, 11) is 0. The quantitative estimate of drug-likeness (QED) is 0.452. The van der Waals surface area contributed by atoms with Crippen molar-refractivity contribution in [2.75, 3.05) is 18.1 Å². The summed E-state index contributed by atoms with van der Waals surface area (Å²) >= 11 is 3.74. The molecule has 0 aliphatic carbocycles. The van der Waals surface area contributed by atoms with Crippen LogP contribution < -0.4 is 5.73 Å². The van der Waals surface area contributed by atoms with Gasteiger partial charge in [0, 0.05) is 59.8 Å². The monoisotopic (exact) mass is 467 g/mol. The lowest BCUT2D eigenvalue weighted by atomic mass is 10.0. The molecule has 7 heteroatoms. The lowest BCUT2D eigenvalue weighted by molar-refractivity contribution is 0.415. The van der Waals surface area contributed by atoms with Crippen LogP contribution in [0.15, 0.2) is 23.8 Å². The smallest absolute Gasteiger partial charge is 0.169 e. The molecule has 1 fully saturated rings. The molecule has 0 bridgehead atoms. The minimum absolute atomic E-state index is 0.531. The predicted molar refractivity (Wildman–Crippen MR) is 140 cm³/mol. The molecule has 3 aromatic rings. The van der Waals surface area contributed by atoms with E-state index in [9.17, 15) is 0 Å². The normalized spacial score (nSPS) is 14.3. The molecule has 4 heterocycles. The fourth-order valence-electron chi connectivity index (χ4n) is 3.70. The number of aryl methyl sites for hydroxylation is 2. The zero-order chi connectivity index (χ0) is 22.9. The van der Waals surface area contributed by atoms with Crippen LogP contribution >= 0.6 is 23.1 Å². The molecular weight excluding hydrogens is 434 g/mol. The Balaban J connectivity index is 0.000000668. The first kappa shape index (κ1) is 24.4. The van der Waals surface area contributed by atoms with Gasteiger partial charge in [-0.1, -0.05) is 19.1 Å². The van der Waals surface area contributed by atoms with Gasteiger partial charge in [-0.2, -0.15) is 11.8 Å². The number of nitrogens with zero attached hydrogens (tertiary/aromatic N) is 3. The first-order chi connectivity index (χ1) is 15.6. The number of thioether (sulfide) groups is 1. The van der Waals surface area contributed by atoms with Crippen molar-refractivity contribution >= 4 is 29.2 Å². The van der Waals surface area contributed by atoms with Crippen molar-refractivity contribution in [2.45, 2.75) is 46.6 Å². The highest BCUT2D eigenvalue weighted by Crippen LogP contribution is 2.33. The van der Waals surface area contributed by atoms with E-state index >= 15 is 0 Å². The van der Waals surface area contributed by atoms with E-state index in [1.807, 2.05) is 25.4 Å².